The molecule has 0 spiro atoms. The van der Waals surface area contributed by atoms with E-state index in [-0.39, 0.29) is 12.2 Å². The van der Waals surface area contributed by atoms with Gasteiger partial charge in [0.25, 0.3) is 0 Å². The second kappa shape index (κ2) is 5.25. The summed E-state index contributed by atoms with van der Waals surface area (Å²) < 4.78 is 41.9. The third-order valence-corrected chi connectivity index (χ3v) is 2.11. The van der Waals surface area contributed by atoms with Gasteiger partial charge in [-0.25, -0.2) is 0 Å². The van der Waals surface area contributed by atoms with E-state index in [9.17, 15) is 18.0 Å². The number of rotatable bonds is 3. The predicted molar refractivity (Wildman–Crippen MR) is 56.6 cm³/mol. The van der Waals surface area contributed by atoms with Crippen molar-refractivity contribution in [2.45, 2.75) is 18.9 Å². The molecule has 1 unspecified atom stereocenters. The number of carbonyl (C=O) groups excluding carboxylic acids is 1. The third kappa shape index (κ3) is 3.51. The standard InChI is InChI=1S/C11H10BF3O2/c1-2-17-10(16)9(12)7-4-3-5-8(6-7)11(13,14)15/h3-6,9H,2H2,1H3. The maximum atomic E-state index is 12.4. The summed E-state index contributed by atoms with van der Waals surface area (Å²) in [6.45, 7) is 1.72. The predicted octanol–water partition coefficient (Wildman–Crippen LogP) is 2.48. The molecule has 0 aliphatic rings. The van der Waals surface area contributed by atoms with E-state index < -0.39 is 23.5 Å². The summed E-state index contributed by atoms with van der Waals surface area (Å²) in [6.07, 6.45) is -4.45. The van der Waals surface area contributed by atoms with Crippen LogP contribution in [0.25, 0.3) is 0 Å². The number of alkyl halides is 3. The minimum atomic E-state index is -4.45. The Kier molecular flexibility index (Phi) is 4.20. The monoisotopic (exact) mass is 242 g/mol. The first kappa shape index (κ1) is 13.6. The van der Waals surface area contributed by atoms with Crippen molar-refractivity contribution < 1.29 is 22.7 Å². The Morgan fingerprint density at radius 2 is 2.12 bits per heavy atom. The highest BCUT2D eigenvalue weighted by molar-refractivity contribution is 6.23. The summed E-state index contributed by atoms with van der Waals surface area (Å²) in [6, 6.07) is 4.33. The molecular weight excluding hydrogens is 232 g/mol. The molecule has 0 aromatic heterocycles. The number of benzene rings is 1. The second-order valence-corrected chi connectivity index (χ2v) is 3.35. The molecule has 2 radical (unpaired) electrons. The molecule has 6 heteroatoms. The first-order valence-electron chi connectivity index (χ1n) is 4.95. The lowest BCUT2D eigenvalue weighted by Gasteiger charge is -2.13. The Morgan fingerprint density at radius 1 is 1.47 bits per heavy atom. The van der Waals surface area contributed by atoms with Crippen LogP contribution >= 0.6 is 0 Å². The van der Waals surface area contributed by atoms with Crippen molar-refractivity contribution in [1.29, 1.82) is 0 Å². The van der Waals surface area contributed by atoms with Crippen molar-refractivity contribution in [3.63, 3.8) is 0 Å². The van der Waals surface area contributed by atoms with Crippen LogP contribution < -0.4 is 0 Å². The first-order chi connectivity index (χ1) is 7.86. The van der Waals surface area contributed by atoms with E-state index in [0.717, 1.165) is 12.1 Å². The Morgan fingerprint density at radius 3 is 2.65 bits per heavy atom. The van der Waals surface area contributed by atoms with Gasteiger partial charge in [-0.2, -0.15) is 13.2 Å². The summed E-state index contributed by atoms with van der Waals surface area (Å²) in [5, 5.41) is 0. The molecule has 1 rings (SSSR count). The molecule has 0 heterocycles. The first-order valence-corrected chi connectivity index (χ1v) is 4.95. The van der Waals surface area contributed by atoms with E-state index in [1.165, 1.54) is 12.1 Å². The Labute approximate surface area is 98.2 Å². The van der Waals surface area contributed by atoms with Gasteiger partial charge in [-0.15, -0.1) is 0 Å². The molecule has 2 nitrogen and oxygen atoms in total. The molecule has 90 valence electrons. The largest absolute Gasteiger partial charge is 0.466 e. The SMILES string of the molecule is [B]C(C(=O)OCC)c1cccc(C(F)(F)F)c1. The Hall–Kier alpha value is -1.46. The number of hydrogen-bond acceptors (Lipinski definition) is 2. The lowest BCUT2D eigenvalue weighted by Crippen LogP contribution is -2.17. The fraction of sp³-hybridized carbons (Fsp3) is 0.364. The van der Waals surface area contributed by atoms with Crippen LogP contribution in [-0.4, -0.2) is 20.4 Å². The van der Waals surface area contributed by atoms with Gasteiger partial charge < -0.3 is 4.74 Å². The molecule has 0 saturated heterocycles. The fourth-order valence-corrected chi connectivity index (χ4v) is 1.28. The molecule has 0 aliphatic heterocycles. The number of carbonyl (C=O) groups is 1. The molecule has 1 atom stereocenters. The molecule has 17 heavy (non-hydrogen) atoms. The van der Waals surface area contributed by atoms with Gasteiger partial charge in [0, 0.05) is 5.82 Å². The van der Waals surface area contributed by atoms with Crippen molar-refractivity contribution in [1.82, 2.24) is 0 Å². The summed E-state index contributed by atoms with van der Waals surface area (Å²) in [4.78, 5) is 11.3. The van der Waals surface area contributed by atoms with E-state index in [1.54, 1.807) is 6.92 Å². The van der Waals surface area contributed by atoms with E-state index in [4.69, 9.17) is 7.85 Å². The molecule has 0 N–H and O–H groups in total. The van der Waals surface area contributed by atoms with Crippen LogP contribution in [0.15, 0.2) is 24.3 Å². The molecule has 0 fully saturated rings. The van der Waals surface area contributed by atoms with Gasteiger partial charge in [0.15, 0.2) is 0 Å². The lowest BCUT2D eigenvalue weighted by atomic mass is 9.80. The number of halogens is 3. The van der Waals surface area contributed by atoms with Crippen LogP contribution in [-0.2, 0) is 15.7 Å². The van der Waals surface area contributed by atoms with Crippen LogP contribution in [0.3, 0.4) is 0 Å². The molecular formula is C11H10BF3O2. The van der Waals surface area contributed by atoms with Gasteiger partial charge in [-0.1, -0.05) is 18.2 Å². The topological polar surface area (TPSA) is 26.3 Å². The zero-order valence-corrected chi connectivity index (χ0v) is 9.12. The fourth-order valence-electron chi connectivity index (χ4n) is 1.28. The van der Waals surface area contributed by atoms with E-state index in [0.29, 0.717) is 0 Å². The van der Waals surface area contributed by atoms with Gasteiger partial charge in [0.2, 0.25) is 0 Å². The van der Waals surface area contributed by atoms with Crippen molar-refractivity contribution in [3.05, 3.63) is 35.4 Å². The maximum Gasteiger partial charge on any atom is 0.416 e. The molecule has 0 bridgehead atoms. The zero-order chi connectivity index (χ0) is 13.1. The third-order valence-electron chi connectivity index (χ3n) is 2.11. The lowest BCUT2D eigenvalue weighted by molar-refractivity contribution is -0.143. The van der Waals surface area contributed by atoms with Gasteiger partial charge in [0.1, 0.15) is 0 Å². The van der Waals surface area contributed by atoms with Crippen LogP contribution in [0.4, 0.5) is 13.2 Å². The Bertz CT molecular complexity index is 404. The van der Waals surface area contributed by atoms with Gasteiger partial charge >= 0.3 is 12.1 Å². The maximum absolute atomic E-state index is 12.4. The molecule has 1 aromatic rings. The number of esters is 1. The quantitative estimate of drug-likeness (QED) is 0.601. The van der Waals surface area contributed by atoms with E-state index in [2.05, 4.69) is 4.74 Å². The van der Waals surface area contributed by atoms with Gasteiger partial charge in [-0.05, 0) is 18.6 Å². The summed E-state index contributed by atoms with van der Waals surface area (Å²) in [5.41, 5.74) is -0.756. The van der Waals surface area contributed by atoms with Gasteiger partial charge in [0.05, 0.1) is 20.0 Å². The highest BCUT2D eigenvalue weighted by atomic mass is 19.4. The van der Waals surface area contributed by atoms with Crippen molar-refractivity contribution >= 4 is 13.8 Å². The van der Waals surface area contributed by atoms with Crippen LogP contribution in [0.2, 0.25) is 0 Å². The zero-order valence-electron chi connectivity index (χ0n) is 9.12. The molecule has 0 saturated carbocycles. The highest BCUT2D eigenvalue weighted by Crippen LogP contribution is 2.30. The Balaban J connectivity index is 2.96. The van der Waals surface area contributed by atoms with Gasteiger partial charge in [-0.3, -0.25) is 4.79 Å². The van der Waals surface area contributed by atoms with Crippen molar-refractivity contribution in [2.75, 3.05) is 6.61 Å². The average Bonchev–Trinajstić information content (AvgIpc) is 2.27. The minimum absolute atomic E-state index is 0.0817. The average molecular weight is 242 g/mol. The number of ether oxygens (including phenoxy) is 1. The number of hydrogen-bond donors (Lipinski definition) is 0. The smallest absolute Gasteiger partial charge is 0.416 e. The second-order valence-electron chi connectivity index (χ2n) is 3.35. The van der Waals surface area contributed by atoms with Crippen molar-refractivity contribution in [3.8, 4) is 0 Å². The normalized spacial score (nSPS) is 13.2. The summed E-state index contributed by atoms with van der Waals surface area (Å²) in [5.74, 6) is -1.94. The summed E-state index contributed by atoms with van der Waals surface area (Å²) in [7, 11) is 5.49. The van der Waals surface area contributed by atoms with Crippen LogP contribution in [0, 0.1) is 0 Å². The van der Waals surface area contributed by atoms with E-state index in [1.807, 2.05) is 0 Å². The highest BCUT2D eigenvalue weighted by Gasteiger charge is 2.31. The molecule has 1 aromatic carbocycles. The summed E-state index contributed by atoms with van der Waals surface area (Å²) >= 11 is 0. The van der Waals surface area contributed by atoms with Crippen LogP contribution in [0.1, 0.15) is 23.9 Å². The molecule has 0 amide bonds. The van der Waals surface area contributed by atoms with E-state index >= 15 is 0 Å². The minimum Gasteiger partial charge on any atom is -0.466 e. The van der Waals surface area contributed by atoms with Crippen molar-refractivity contribution in [2.24, 2.45) is 0 Å². The van der Waals surface area contributed by atoms with Crippen LogP contribution in [0.5, 0.6) is 0 Å². The molecule has 0 aliphatic carbocycles.